The summed E-state index contributed by atoms with van der Waals surface area (Å²) < 4.78 is 5.04. The molecule has 0 bridgehead atoms. The molecule has 2 amide bonds. The van der Waals surface area contributed by atoms with E-state index in [9.17, 15) is 9.59 Å². The van der Waals surface area contributed by atoms with E-state index in [-0.39, 0.29) is 24.4 Å². The van der Waals surface area contributed by atoms with Gasteiger partial charge in [0.2, 0.25) is 0 Å². The summed E-state index contributed by atoms with van der Waals surface area (Å²) in [5, 5.41) is 14.3. The number of anilines is 1. The maximum Gasteiger partial charge on any atom is 0.319 e. The standard InChI is InChI=1S/C15H20N2O4/c1-21-9-10-3-2-4-12(7-10)16-15(20)17-13(8-14(18)19)11-5-6-11/h2-4,7,11,13H,5-6,8-9H2,1H3,(H,18,19)(H2,16,17,20). The summed E-state index contributed by atoms with van der Waals surface area (Å²) >= 11 is 0. The van der Waals surface area contributed by atoms with Crippen LogP contribution in [0.2, 0.25) is 0 Å². The monoisotopic (exact) mass is 292 g/mol. The molecule has 2 rings (SSSR count). The van der Waals surface area contributed by atoms with Crippen LogP contribution >= 0.6 is 0 Å². The van der Waals surface area contributed by atoms with Gasteiger partial charge in [0, 0.05) is 18.8 Å². The van der Waals surface area contributed by atoms with E-state index in [1.54, 1.807) is 13.2 Å². The predicted molar refractivity (Wildman–Crippen MR) is 78.1 cm³/mol. The Morgan fingerprint density at radius 3 is 2.81 bits per heavy atom. The number of amides is 2. The topological polar surface area (TPSA) is 87.7 Å². The zero-order valence-corrected chi connectivity index (χ0v) is 12.0. The zero-order valence-electron chi connectivity index (χ0n) is 12.0. The van der Waals surface area contributed by atoms with E-state index in [1.165, 1.54) is 0 Å². The maximum atomic E-state index is 12.0. The van der Waals surface area contributed by atoms with Crippen molar-refractivity contribution in [2.45, 2.75) is 31.9 Å². The highest BCUT2D eigenvalue weighted by Gasteiger charge is 2.33. The van der Waals surface area contributed by atoms with Crippen LogP contribution in [0.1, 0.15) is 24.8 Å². The Kier molecular flexibility index (Phi) is 5.16. The first kappa shape index (κ1) is 15.3. The third-order valence-corrected chi connectivity index (χ3v) is 3.40. The zero-order chi connectivity index (χ0) is 15.2. The molecule has 0 heterocycles. The number of ether oxygens (including phenoxy) is 1. The molecule has 114 valence electrons. The van der Waals surface area contributed by atoms with E-state index in [1.807, 2.05) is 18.2 Å². The molecule has 1 aromatic carbocycles. The highest BCUT2D eigenvalue weighted by atomic mass is 16.5. The van der Waals surface area contributed by atoms with Gasteiger partial charge in [-0.05, 0) is 36.5 Å². The molecule has 0 radical (unpaired) electrons. The van der Waals surface area contributed by atoms with Gasteiger partial charge in [-0.15, -0.1) is 0 Å². The van der Waals surface area contributed by atoms with Crippen molar-refractivity contribution in [2.24, 2.45) is 5.92 Å². The first-order chi connectivity index (χ1) is 10.1. The highest BCUT2D eigenvalue weighted by Crippen LogP contribution is 2.34. The fourth-order valence-corrected chi connectivity index (χ4v) is 2.26. The molecule has 21 heavy (non-hydrogen) atoms. The Labute approximate surface area is 123 Å². The lowest BCUT2D eigenvalue weighted by molar-refractivity contribution is -0.137. The molecule has 1 aliphatic rings. The highest BCUT2D eigenvalue weighted by molar-refractivity contribution is 5.89. The molecule has 1 aliphatic carbocycles. The number of methoxy groups -OCH3 is 1. The van der Waals surface area contributed by atoms with E-state index in [0.717, 1.165) is 18.4 Å². The lowest BCUT2D eigenvalue weighted by atomic mass is 10.1. The van der Waals surface area contributed by atoms with Crippen LogP contribution in [0, 0.1) is 5.92 Å². The van der Waals surface area contributed by atoms with Gasteiger partial charge in [0.15, 0.2) is 0 Å². The lowest BCUT2D eigenvalue weighted by Crippen LogP contribution is -2.40. The van der Waals surface area contributed by atoms with Gasteiger partial charge in [-0.2, -0.15) is 0 Å². The van der Waals surface area contributed by atoms with Crippen molar-refractivity contribution >= 4 is 17.7 Å². The van der Waals surface area contributed by atoms with Crippen LogP contribution < -0.4 is 10.6 Å². The van der Waals surface area contributed by atoms with Crippen LogP contribution in [0.25, 0.3) is 0 Å². The first-order valence-corrected chi connectivity index (χ1v) is 6.95. The van der Waals surface area contributed by atoms with Gasteiger partial charge in [0.25, 0.3) is 0 Å². The number of carboxylic acids is 1. The van der Waals surface area contributed by atoms with Crippen LogP contribution in [0.15, 0.2) is 24.3 Å². The van der Waals surface area contributed by atoms with Gasteiger partial charge in [-0.3, -0.25) is 4.79 Å². The van der Waals surface area contributed by atoms with Crippen molar-refractivity contribution in [1.82, 2.24) is 5.32 Å². The molecular weight excluding hydrogens is 272 g/mol. The average molecular weight is 292 g/mol. The van der Waals surface area contributed by atoms with Gasteiger partial charge < -0.3 is 20.5 Å². The van der Waals surface area contributed by atoms with Gasteiger partial charge in [-0.25, -0.2) is 4.79 Å². The summed E-state index contributed by atoms with van der Waals surface area (Å²) in [7, 11) is 1.61. The van der Waals surface area contributed by atoms with Gasteiger partial charge in [0.1, 0.15) is 0 Å². The van der Waals surface area contributed by atoms with Crippen molar-refractivity contribution in [3.63, 3.8) is 0 Å². The number of urea groups is 1. The van der Waals surface area contributed by atoms with E-state index in [2.05, 4.69) is 10.6 Å². The number of carboxylic acid groups (broad SMARTS) is 1. The minimum atomic E-state index is -0.894. The fraction of sp³-hybridized carbons (Fsp3) is 0.467. The summed E-state index contributed by atoms with van der Waals surface area (Å²) in [6.45, 7) is 0.473. The van der Waals surface area contributed by atoms with Crippen LogP contribution in [-0.4, -0.2) is 30.3 Å². The van der Waals surface area contributed by atoms with Crippen molar-refractivity contribution in [3.8, 4) is 0 Å². The summed E-state index contributed by atoms with van der Waals surface area (Å²) in [6.07, 6.45) is 1.91. The van der Waals surface area contributed by atoms with Crippen molar-refractivity contribution in [1.29, 1.82) is 0 Å². The van der Waals surface area contributed by atoms with Crippen LogP contribution in [-0.2, 0) is 16.1 Å². The average Bonchev–Trinajstić information content (AvgIpc) is 3.22. The Balaban J connectivity index is 1.90. The van der Waals surface area contributed by atoms with Gasteiger partial charge in [-0.1, -0.05) is 12.1 Å². The molecule has 1 atom stereocenters. The minimum Gasteiger partial charge on any atom is -0.481 e. The number of carbonyl (C=O) groups excluding carboxylic acids is 1. The number of rotatable bonds is 7. The number of aliphatic carboxylic acids is 1. The molecule has 1 fully saturated rings. The molecule has 1 unspecified atom stereocenters. The van der Waals surface area contributed by atoms with E-state index >= 15 is 0 Å². The molecule has 0 aliphatic heterocycles. The van der Waals surface area contributed by atoms with Crippen molar-refractivity contribution in [3.05, 3.63) is 29.8 Å². The Morgan fingerprint density at radius 1 is 1.43 bits per heavy atom. The van der Waals surface area contributed by atoms with Gasteiger partial charge >= 0.3 is 12.0 Å². The molecular formula is C15H20N2O4. The summed E-state index contributed by atoms with van der Waals surface area (Å²) in [4.78, 5) is 22.8. The molecule has 0 aromatic heterocycles. The molecule has 1 aromatic rings. The second kappa shape index (κ2) is 7.08. The van der Waals surface area contributed by atoms with Crippen molar-refractivity contribution < 1.29 is 19.4 Å². The maximum absolute atomic E-state index is 12.0. The van der Waals surface area contributed by atoms with E-state index in [4.69, 9.17) is 9.84 Å². The molecule has 6 nitrogen and oxygen atoms in total. The molecule has 0 saturated heterocycles. The molecule has 6 heteroatoms. The van der Waals surface area contributed by atoms with Crippen LogP contribution in [0.5, 0.6) is 0 Å². The van der Waals surface area contributed by atoms with Crippen LogP contribution in [0.3, 0.4) is 0 Å². The fourth-order valence-electron chi connectivity index (χ4n) is 2.26. The van der Waals surface area contributed by atoms with E-state index < -0.39 is 5.97 Å². The van der Waals surface area contributed by atoms with Gasteiger partial charge in [0.05, 0.1) is 13.0 Å². The Bertz CT molecular complexity index is 514. The minimum absolute atomic E-state index is 0.0399. The summed E-state index contributed by atoms with van der Waals surface area (Å²) in [5.41, 5.74) is 1.62. The number of hydrogen-bond acceptors (Lipinski definition) is 3. The normalized spacial score (nSPS) is 15.3. The second-order valence-electron chi connectivity index (χ2n) is 5.27. The Hall–Kier alpha value is -2.08. The summed E-state index contributed by atoms with van der Waals surface area (Å²) in [5.74, 6) is -0.610. The Morgan fingerprint density at radius 2 is 2.19 bits per heavy atom. The third-order valence-electron chi connectivity index (χ3n) is 3.40. The first-order valence-electron chi connectivity index (χ1n) is 6.95. The summed E-state index contributed by atoms with van der Waals surface area (Å²) in [6, 6.07) is 6.67. The second-order valence-corrected chi connectivity index (χ2v) is 5.27. The lowest BCUT2D eigenvalue weighted by Gasteiger charge is -2.17. The number of hydrogen-bond donors (Lipinski definition) is 3. The number of benzene rings is 1. The molecule has 1 saturated carbocycles. The molecule has 3 N–H and O–H groups in total. The predicted octanol–water partition coefficient (Wildman–Crippen LogP) is 2.21. The number of carbonyl (C=O) groups is 2. The molecule has 0 spiro atoms. The smallest absolute Gasteiger partial charge is 0.319 e. The number of nitrogens with one attached hydrogen (secondary N) is 2. The van der Waals surface area contributed by atoms with Crippen molar-refractivity contribution in [2.75, 3.05) is 12.4 Å². The quantitative estimate of drug-likeness (QED) is 0.719. The largest absolute Gasteiger partial charge is 0.481 e. The van der Waals surface area contributed by atoms with Crippen LogP contribution in [0.4, 0.5) is 10.5 Å². The SMILES string of the molecule is COCc1cccc(NC(=O)NC(CC(=O)O)C2CC2)c1. The van der Waals surface area contributed by atoms with E-state index in [0.29, 0.717) is 12.3 Å². The third kappa shape index (κ3) is 5.07.